The number of hydrogen-bond acceptors (Lipinski definition) is 8. The van der Waals surface area contributed by atoms with Crippen LogP contribution < -0.4 is 20.4 Å². The van der Waals surface area contributed by atoms with Crippen molar-refractivity contribution < 1.29 is 9.18 Å². The zero-order valence-corrected chi connectivity index (χ0v) is 20.3. The highest BCUT2D eigenvalue weighted by atomic mass is 35.5. The number of carbonyl (C=O) groups is 1. The fourth-order valence-electron chi connectivity index (χ4n) is 4.21. The summed E-state index contributed by atoms with van der Waals surface area (Å²) in [6, 6.07) is 12.5. The number of aromatic nitrogens is 2. The van der Waals surface area contributed by atoms with Gasteiger partial charge in [-0.25, -0.2) is 14.4 Å². The number of amides is 1. The highest BCUT2D eigenvalue weighted by Gasteiger charge is 2.31. The summed E-state index contributed by atoms with van der Waals surface area (Å²) in [6.45, 7) is 4.69. The van der Waals surface area contributed by atoms with Gasteiger partial charge in [0.1, 0.15) is 16.9 Å². The van der Waals surface area contributed by atoms with Crippen molar-refractivity contribution in [2.24, 2.45) is 0 Å². The second kappa shape index (κ2) is 9.70. The number of fused-ring (bicyclic) bond motifs is 1. The first-order chi connectivity index (χ1) is 17.0. The number of rotatable bonds is 4. The van der Waals surface area contributed by atoms with Crippen molar-refractivity contribution in [3.8, 4) is 6.07 Å². The monoisotopic (exact) mass is 509 g/mol. The average Bonchev–Trinajstić information content (AvgIpc) is 2.85. The fourth-order valence-corrected chi connectivity index (χ4v) is 5.42. The van der Waals surface area contributed by atoms with Gasteiger partial charge in [0.15, 0.2) is 0 Å². The van der Waals surface area contributed by atoms with Crippen molar-refractivity contribution in [2.75, 3.05) is 40.6 Å². The van der Waals surface area contributed by atoms with Gasteiger partial charge in [-0.3, -0.25) is 9.69 Å². The molecule has 2 aromatic carbocycles. The molecule has 11 heteroatoms. The number of nitrogens with zero attached hydrogens (tertiary/aromatic N) is 5. The SMILES string of the molecule is C[C@H]1CNCCN1c1ccc(Nc2ncc3c(n2)SCN(c2c(F)cccc2Cl)C3=O)cc1C#N. The second-order valence-corrected chi connectivity index (χ2v) is 9.55. The molecule has 1 fully saturated rings. The number of carbonyl (C=O) groups excluding carboxylic acids is 1. The average molecular weight is 510 g/mol. The van der Waals surface area contributed by atoms with E-state index in [2.05, 4.69) is 38.5 Å². The van der Waals surface area contributed by atoms with Crippen LogP contribution in [0.5, 0.6) is 0 Å². The molecule has 2 N–H and O–H groups in total. The van der Waals surface area contributed by atoms with E-state index in [1.54, 1.807) is 12.1 Å². The highest BCUT2D eigenvalue weighted by Crippen LogP contribution is 2.37. The first-order valence-electron chi connectivity index (χ1n) is 11.0. The number of nitrogens with one attached hydrogen (secondary N) is 2. The minimum Gasteiger partial charge on any atom is -0.365 e. The number of thioether (sulfide) groups is 1. The molecule has 1 amide bonds. The molecule has 1 saturated heterocycles. The van der Waals surface area contributed by atoms with Crippen LogP contribution in [-0.4, -0.2) is 47.4 Å². The lowest BCUT2D eigenvalue weighted by Gasteiger charge is -2.36. The van der Waals surface area contributed by atoms with Gasteiger partial charge >= 0.3 is 0 Å². The third-order valence-corrected chi connectivity index (χ3v) is 7.23. The van der Waals surface area contributed by atoms with Gasteiger partial charge in [-0.1, -0.05) is 29.4 Å². The summed E-state index contributed by atoms with van der Waals surface area (Å²) < 4.78 is 14.4. The van der Waals surface area contributed by atoms with E-state index in [9.17, 15) is 14.4 Å². The van der Waals surface area contributed by atoms with Crippen LogP contribution in [0.3, 0.4) is 0 Å². The Hall–Kier alpha value is -3.39. The molecule has 0 saturated carbocycles. The van der Waals surface area contributed by atoms with Crippen molar-refractivity contribution >= 4 is 52.3 Å². The minimum atomic E-state index is -0.568. The molecule has 1 atom stereocenters. The Kier molecular flexibility index (Phi) is 6.47. The van der Waals surface area contributed by atoms with Crippen LogP contribution in [0.25, 0.3) is 0 Å². The maximum atomic E-state index is 14.4. The first-order valence-corrected chi connectivity index (χ1v) is 12.4. The van der Waals surface area contributed by atoms with E-state index in [-0.39, 0.29) is 28.2 Å². The van der Waals surface area contributed by atoms with Crippen LogP contribution in [0.4, 0.5) is 27.4 Å². The number of nitriles is 1. The molecule has 0 unspecified atom stereocenters. The number of para-hydroxylation sites is 1. The maximum absolute atomic E-state index is 14.4. The molecular formula is C24H21ClFN7OS. The molecule has 5 rings (SSSR count). The van der Waals surface area contributed by atoms with Crippen LogP contribution in [0, 0.1) is 17.1 Å². The van der Waals surface area contributed by atoms with E-state index >= 15 is 0 Å². The molecule has 1 aromatic heterocycles. The second-order valence-electron chi connectivity index (χ2n) is 8.20. The number of halogens is 2. The molecule has 8 nitrogen and oxygen atoms in total. The lowest BCUT2D eigenvalue weighted by atomic mass is 10.1. The van der Waals surface area contributed by atoms with Crippen LogP contribution in [0.1, 0.15) is 22.8 Å². The molecular weight excluding hydrogens is 489 g/mol. The van der Waals surface area contributed by atoms with Gasteiger partial charge in [-0.2, -0.15) is 5.26 Å². The number of piperazine rings is 1. The van der Waals surface area contributed by atoms with Crippen LogP contribution in [0.15, 0.2) is 47.6 Å². The Morgan fingerprint density at radius 2 is 2.20 bits per heavy atom. The van der Waals surface area contributed by atoms with Gasteiger partial charge in [0, 0.05) is 37.6 Å². The van der Waals surface area contributed by atoms with Crippen molar-refractivity contribution in [1.29, 1.82) is 5.26 Å². The van der Waals surface area contributed by atoms with Crippen molar-refractivity contribution in [2.45, 2.75) is 18.0 Å². The first kappa shape index (κ1) is 23.4. The van der Waals surface area contributed by atoms with Gasteiger partial charge in [-0.15, -0.1) is 0 Å². The maximum Gasteiger partial charge on any atom is 0.263 e. The zero-order chi connectivity index (χ0) is 24.5. The van der Waals surface area contributed by atoms with E-state index in [0.29, 0.717) is 22.2 Å². The van der Waals surface area contributed by atoms with E-state index < -0.39 is 11.7 Å². The van der Waals surface area contributed by atoms with Crippen LogP contribution in [0.2, 0.25) is 5.02 Å². The lowest BCUT2D eigenvalue weighted by Crippen LogP contribution is -2.50. The standard InChI is InChI=1S/C24H21ClFN7OS/c1-14-11-28-7-8-32(14)20-6-5-16(9-15(20)10-27)30-24-29-12-17-22(31-24)35-13-33(23(17)34)21-18(25)3-2-4-19(21)26/h2-6,9,12,14,28H,7-8,11,13H2,1H3,(H,29,30,31)/t14-/m0/s1. The summed E-state index contributed by atoms with van der Waals surface area (Å²) in [5.41, 5.74) is 2.43. The third kappa shape index (κ3) is 4.50. The quantitative estimate of drug-likeness (QED) is 0.500. The molecule has 35 heavy (non-hydrogen) atoms. The molecule has 3 aromatic rings. The number of anilines is 4. The molecule has 0 radical (unpaired) electrons. The Morgan fingerprint density at radius 1 is 1.34 bits per heavy atom. The molecule has 0 bridgehead atoms. The van der Waals surface area contributed by atoms with Gasteiger partial charge in [0.05, 0.1) is 33.4 Å². The van der Waals surface area contributed by atoms with E-state index in [4.69, 9.17) is 11.6 Å². The lowest BCUT2D eigenvalue weighted by molar-refractivity contribution is 0.0985. The number of benzene rings is 2. The summed E-state index contributed by atoms with van der Waals surface area (Å²) in [5, 5.41) is 16.9. The molecule has 0 aliphatic carbocycles. The summed E-state index contributed by atoms with van der Waals surface area (Å²) in [4.78, 5) is 25.3. The Morgan fingerprint density at radius 3 is 2.97 bits per heavy atom. The smallest absolute Gasteiger partial charge is 0.263 e. The molecule has 2 aliphatic rings. The predicted molar refractivity (Wildman–Crippen MR) is 135 cm³/mol. The zero-order valence-electron chi connectivity index (χ0n) is 18.8. The van der Waals surface area contributed by atoms with E-state index in [1.165, 1.54) is 35.0 Å². The molecule has 3 heterocycles. The van der Waals surface area contributed by atoms with Gasteiger partial charge in [0.2, 0.25) is 5.95 Å². The summed E-state index contributed by atoms with van der Waals surface area (Å²) in [6.07, 6.45) is 1.42. The van der Waals surface area contributed by atoms with E-state index in [1.807, 2.05) is 12.1 Å². The molecule has 178 valence electrons. The Balaban J connectivity index is 1.37. The molecule has 2 aliphatic heterocycles. The fraction of sp³-hybridized carbons (Fsp3) is 0.250. The van der Waals surface area contributed by atoms with Gasteiger partial charge in [0.25, 0.3) is 5.91 Å². The van der Waals surface area contributed by atoms with Crippen LogP contribution in [-0.2, 0) is 0 Å². The normalized spacial score (nSPS) is 17.7. The molecule has 0 spiro atoms. The predicted octanol–water partition coefficient (Wildman–Crippen LogP) is 4.39. The summed E-state index contributed by atoms with van der Waals surface area (Å²) in [5.74, 6) is -0.521. The topological polar surface area (TPSA) is 97.2 Å². The van der Waals surface area contributed by atoms with Crippen molar-refractivity contribution in [3.63, 3.8) is 0 Å². The van der Waals surface area contributed by atoms with Gasteiger partial charge in [-0.05, 0) is 37.3 Å². The van der Waals surface area contributed by atoms with E-state index in [0.717, 1.165) is 25.3 Å². The van der Waals surface area contributed by atoms with Crippen molar-refractivity contribution in [3.05, 3.63) is 64.6 Å². The Bertz CT molecular complexity index is 1330. The summed E-state index contributed by atoms with van der Waals surface area (Å²) >= 11 is 7.44. The highest BCUT2D eigenvalue weighted by molar-refractivity contribution is 7.99. The van der Waals surface area contributed by atoms with Crippen LogP contribution >= 0.6 is 23.4 Å². The Labute approximate surface area is 211 Å². The minimum absolute atomic E-state index is 0.0439. The van der Waals surface area contributed by atoms with Gasteiger partial charge < -0.3 is 15.5 Å². The van der Waals surface area contributed by atoms with Crippen molar-refractivity contribution in [1.82, 2.24) is 15.3 Å². The number of hydrogen-bond donors (Lipinski definition) is 2. The largest absolute Gasteiger partial charge is 0.365 e. The third-order valence-electron chi connectivity index (χ3n) is 5.95. The summed E-state index contributed by atoms with van der Waals surface area (Å²) in [7, 11) is 0.